The van der Waals surface area contributed by atoms with E-state index in [0.29, 0.717) is 34.5 Å². The number of para-hydroxylation sites is 1. The summed E-state index contributed by atoms with van der Waals surface area (Å²) in [7, 11) is -1.29. The molecule has 0 atom stereocenters. The van der Waals surface area contributed by atoms with Crippen LogP contribution in [0.1, 0.15) is 43.7 Å². The molecule has 5 rings (SSSR count). The van der Waals surface area contributed by atoms with Gasteiger partial charge < -0.3 is 25.3 Å². The van der Waals surface area contributed by atoms with E-state index in [1.807, 2.05) is 13.8 Å². The number of nitrogens with zero attached hydrogens (tertiary/aromatic N) is 4. The maximum absolute atomic E-state index is 12.4. The zero-order chi connectivity index (χ0) is 27.7. The average molecular weight is 550 g/mol. The van der Waals surface area contributed by atoms with Crippen molar-refractivity contribution < 1.29 is 13.2 Å². The number of rotatable bonds is 8. The van der Waals surface area contributed by atoms with Crippen molar-refractivity contribution in [1.29, 1.82) is 0 Å². The van der Waals surface area contributed by atoms with Crippen LogP contribution in [0.4, 0.5) is 23.1 Å². The number of fused-ring (bicyclic) bond motifs is 1. The third-order valence-electron chi connectivity index (χ3n) is 6.95. The lowest BCUT2D eigenvalue weighted by molar-refractivity contribution is 0.241. The molecule has 0 unspecified atom stereocenters. The number of likely N-dealkylation sites (tertiary alicyclic amines) is 1. The van der Waals surface area contributed by atoms with E-state index in [0.717, 1.165) is 37.4 Å². The first-order valence-electron chi connectivity index (χ1n) is 13.1. The fourth-order valence-electron chi connectivity index (χ4n) is 5.03. The van der Waals surface area contributed by atoms with Crippen LogP contribution in [0, 0.1) is 6.92 Å². The second-order valence-electron chi connectivity index (χ2n) is 10.5. The van der Waals surface area contributed by atoms with E-state index < -0.39 is 9.84 Å². The predicted molar refractivity (Wildman–Crippen MR) is 154 cm³/mol. The van der Waals surface area contributed by atoms with Gasteiger partial charge in [0.1, 0.15) is 5.75 Å². The largest absolute Gasteiger partial charge is 0.489 e. The molecule has 0 radical (unpaired) electrons. The third-order valence-corrected chi connectivity index (χ3v) is 8.11. The zero-order valence-electron chi connectivity index (χ0n) is 22.9. The third kappa shape index (κ3) is 5.99. The summed E-state index contributed by atoms with van der Waals surface area (Å²) in [6.45, 7) is 8.31. The van der Waals surface area contributed by atoms with Crippen molar-refractivity contribution in [2.75, 3.05) is 37.0 Å². The second-order valence-corrected chi connectivity index (χ2v) is 12.4. The number of hydrogen-bond donors (Lipinski definition) is 3. The Balaban J connectivity index is 1.52. The monoisotopic (exact) mass is 549 g/mol. The van der Waals surface area contributed by atoms with Crippen LogP contribution < -0.4 is 15.4 Å². The molecule has 1 fully saturated rings. The molecule has 0 aliphatic carbocycles. The van der Waals surface area contributed by atoms with Gasteiger partial charge >= 0.3 is 0 Å². The average Bonchev–Trinajstić information content (AvgIpc) is 3.35. The van der Waals surface area contributed by atoms with Gasteiger partial charge in [-0.05, 0) is 95.1 Å². The van der Waals surface area contributed by atoms with Gasteiger partial charge in [0.25, 0.3) is 0 Å². The number of imidazole rings is 1. The lowest BCUT2D eigenvalue weighted by atomic mass is 9.86. The Kier molecular flexibility index (Phi) is 7.46. The molecule has 0 amide bonds. The summed E-state index contributed by atoms with van der Waals surface area (Å²) in [5.41, 5.74) is 4.68. The highest BCUT2D eigenvalue weighted by Gasteiger charge is 2.23. The normalized spacial score (nSPS) is 15.1. The number of ether oxygens (including phenoxy) is 1. The van der Waals surface area contributed by atoms with Crippen molar-refractivity contribution in [2.24, 2.45) is 0 Å². The van der Waals surface area contributed by atoms with Crippen LogP contribution in [0.25, 0.3) is 11.2 Å². The number of H-pyrrole nitrogens is 1. The van der Waals surface area contributed by atoms with E-state index in [2.05, 4.69) is 61.6 Å². The minimum absolute atomic E-state index is 0.0145. The summed E-state index contributed by atoms with van der Waals surface area (Å²) < 4.78 is 31.0. The van der Waals surface area contributed by atoms with E-state index >= 15 is 0 Å². The summed E-state index contributed by atoms with van der Waals surface area (Å²) in [5, 5.41) is 6.51. The molecule has 0 saturated carbocycles. The van der Waals surface area contributed by atoms with Gasteiger partial charge in [0, 0.05) is 6.26 Å². The summed E-state index contributed by atoms with van der Waals surface area (Å²) in [5.74, 6) is 1.94. The summed E-state index contributed by atoms with van der Waals surface area (Å²) in [6.07, 6.45) is 4.94. The molecular weight excluding hydrogens is 514 g/mol. The molecule has 10 nitrogen and oxygen atoms in total. The fraction of sp³-hybridized carbons (Fsp3) is 0.393. The van der Waals surface area contributed by atoms with Crippen LogP contribution in [0.5, 0.6) is 5.75 Å². The number of aryl methyl sites for hydroxylation is 1. The number of nitrogens with one attached hydrogen (secondary N) is 3. The maximum atomic E-state index is 12.4. The van der Waals surface area contributed by atoms with E-state index in [-0.39, 0.29) is 11.0 Å². The fourth-order valence-corrected chi connectivity index (χ4v) is 5.88. The Morgan fingerprint density at radius 1 is 1.08 bits per heavy atom. The Hall–Kier alpha value is -3.70. The Morgan fingerprint density at radius 3 is 2.54 bits per heavy atom. The first-order chi connectivity index (χ1) is 18.6. The molecule has 2 aromatic heterocycles. The van der Waals surface area contributed by atoms with Gasteiger partial charge in [-0.1, -0.05) is 12.1 Å². The Bertz CT molecular complexity index is 1590. The van der Waals surface area contributed by atoms with Crippen molar-refractivity contribution in [3.63, 3.8) is 0 Å². The number of sulfone groups is 1. The van der Waals surface area contributed by atoms with Crippen molar-refractivity contribution in [3.8, 4) is 5.75 Å². The lowest BCUT2D eigenvalue weighted by Crippen LogP contribution is -2.29. The highest BCUT2D eigenvalue weighted by Crippen LogP contribution is 2.38. The summed E-state index contributed by atoms with van der Waals surface area (Å²) in [4.78, 5) is 19.2. The van der Waals surface area contributed by atoms with Gasteiger partial charge in [0.2, 0.25) is 5.95 Å². The molecule has 1 saturated heterocycles. The van der Waals surface area contributed by atoms with Crippen molar-refractivity contribution in [2.45, 2.75) is 50.5 Å². The topological polar surface area (TPSA) is 125 Å². The number of benzene rings is 2. The number of aromatic nitrogens is 4. The minimum atomic E-state index is -3.46. The van der Waals surface area contributed by atoms with E-state index in [4.69, 9.17) is 4.74 Å². The van der Waals surface area contributed by atoms with Crippen LogP contribution in [-0.2, 0) is 9.84 Å². The van der Waals surface area contributed by atoms with E-state index in [1.54, 1.807) is 24.3 Å². The van der Waals surface area contributed by atoms with Crippen molar-refractivity contribution in [3.05, 3.63) is 53.9 Å². The van der Waals surface area contributed by atoms with Crippen molar-refractivity contribution in [1.82, 2.24) is 24.8 Å². The quantitative estimate of drug-likeness (QED) is 0.274. The van der Waals surface area contributed by atoms with Gasteiger partial charge in [-0.15, -0.1) is 0 Å². The number of aromatic amines is 1. The highest BCUT2D eigenvalue weighted by atomic mass is 32.2. The Labute approximate surface area is 229 Å². The van der Waals surface area contributed by atoms with Crippen LogP contribution in [-0.4, -0.2) is 65.8 Å². The molecule has 2 aromatic carbocycles. The molecule has 1 aliphatic rings. The first-order valence-corrected chi connectivity index (χ1v) is 15.0. The molecule has 3 heterocycles. The van der Waals surface area contributed by atoms with Crippen LogP contribution >= 0.6 is 0 Å². The molecule has 11 heteroatoms. The van der Waals surface area contributed by atoms with Crippen LogP contribution in [0.2, 0.25) is 0 Å². The standard InChI is InChI=1S/C28H35N7O3S/c1-17(2)38-23-15-20(19-10-12-35(4)13-11-19)18(3)14-22(23)32-28-33-26-25(29-16-30-26)27(34-28)31-21-8-6-7-9-24(21)39(5,36)37/h6-9,14-17,19H,10-13H2,1-5H3,(H3,29,30,31,32,33,34). The predicted octanol–water partition coefficient (Wildman–Crippen LogP) is 5.15. The van der Waals surface area contributed by atoms with Gasteiger partial charge in [0.15, 0.2) is 26.8 Å². The highest BCUT2D eigenvalue weighted by molar-refractivity contribution is 7.90. The molecular formula is C28H35N7O3S. The zero-order valence-corrected chi connectivity index (χ0v) is 23.8. The molecule has 1 aliphatic heterocycles. The molecule has 39 heavy (non-hydrogen) atoms. The van der Waals surface area contributed by atoms with Crippen LogP contribution in [0.3, 0.4) is 0 Å². The van der Waals surface area contributed by atoms with Gasteiger partial charge in [-0.2, -0.15) is 9.97 Å². The maximum Gasteiger partial charge on any atom is 0.231 e. The molecule has 0 spiro atoms. The van der Waals surface area contributed by atoms with Gasteiger partial charge in [0.05, 0.1) is 28.7 Å². The molecule has 206 valence electrons. The lowest BCUT2D eigenvalue weighted by Gasteiger charge is -2.30. The van der Waals surface area contributed by atoms with E-state index in [1.165, 1.54) is 23.7 Å². The number of hydrogen-bond acceptors (Lipinski definition) is 9. The minimum Gasteiger partial charge on any atom is -0.489 e. The first kappa shape index (κ1) is 26.9. The smallest absolute Gasteiger partial charge is 0.231 e. The number of anilines is 4. The number of piperidine rings is 1. The van der Waals surface area contributed by atoms with Crippen LogP contribution in [0.15, 0.2) is 47.6 Å². The molecule has 0 bridgehead atoms. The van der Waals surface area contributed by atoms with Crippen molar-refractivity contribution >= 4 is 44.1 Å². The van der Waals surface area contributed by atoms with E-state index in [9.17, 15) is 8.42 Å². The molecule has 4 aromatic rings. The second kappa shape index (κ2) is 10.8. The SMILES string of the molecule is Cc1cc(Nc2nc(Nc3ccccc3S(C)(=O)=O)c3nc[nH]c3n2)c(OC(C)C)cc1C1CCN(C)CC1. The molecule has 3 N–H and O–H groups in total. The van der Waals surface area contributed by atoms with Gasteiger partial charge in [-0.3, -0.25) is 0 Å². The Morgan fingerprint density at radius 2 is 1.82 bits per heavy atom. The summed E-state index contributed by atoms with van der Waals surface area (Å²) >= 11 is 0. The van der Waals surface area contributed by atoms with Gasteiger partial charge in [-0.25, -0.2) is 13.4 Å². The summed E-state index contributed by atoms with van der Waals surface area (Å²) in [6, 6.07) is 11.0.